The monoisotopic (exact) mass is 816 g/mol. The maximum Gasteiger partial charge on any atom is 0.0562 e. The number of benzene rings is 9. The molecule has 0 spiro atoms. The molecular weight excluding hydrogens is 777 g/mol. The minimum atomic E-state index is 0.235. The van der Waals surface area contributed by atoms with Gasteiger partial charge in [-0.05, 0) is 108 Å². The molecule has 0 bridgehead atoms. The third kappa shape index (κ3) is 4.99. The first-order valence-electron chi connectivity index (χ1n) is 22.3. The van der Waals surface area contributed by atoms with Crippen molar-refractivity contribution in [1.29, 1.82) is 0 Å². The normalized spacial score (nSPS) is 14.4. The van der Waals surface area contributed by atoms with Gasteiger partial charge in [-0.2, -0.15) is 0 Å². The highest BCUT2D eigenvalue weighted by Gasteiger charge is 2.39. The topological polar surface area (TPSA) is 18.0 Å². The maximum absolute atomic E-state index is 2.55. The van der Waals surface area contributed by atoms with Gasteiger partial charge in [-0.3, -0.25) is 0 Å². The van der Waals surface area contributed by atoms with Crippen molar-refractivity contribution in [3.8, 4) is 28.2 Å². The molecule has 64 heavy (non-hydrogen) atoms. The summed E-state index contributed by atoms with van der Waals surface area (Å²) in [5, 5.41) is 6.35. The molecule has 4 nitrogen and oxygen atoms in total. The second-order valence-corrected chi connectivity index (χ2v) is 17.3. The van der Waals surface area contributed by atoms with Crippen LogP contribution in [0.3, 0.4) is 0 Å². The minimum absolute atomic E-state index is 0.235. The zero-order valence-corrected chi connectivity index (χ0v) is 34.9. The van der Waals surface area contributed by atoms with Gasteiger partial charge in [0.25, 0.3) is 0 Å². The summed E-state index contributed by atoms with van der Waals surface area (Å²) >= 11 is 0. The summed E-state index contributed by atoms with van der Waals surface area (Å²) in [5.74, 6) is 0.235. The first kappa shape index (κ1) is 35.3. The first-order chi connectivity index (χ1) is 31.8. The van der Waals surface area contributed by atoms with Crippen molar-refractivity contribution in [3.05, 3.63) is 241 Å². The van der Waals surface area contributed by atoms with Crippen LogP contribution in [0.5, 0.6) is 0 Å². The van der Waals surface area contributed by atoms with E-state index in [4.69, 9.17) is 0 Å². The van der Waals surface area contributed by atoms with E-state index in [2.05, 4.69) is 243 Å². The Kier molecular flexibility index (Phi) is 7.48. The highest BCUT2D eigenvalue weighted by atomic mass is 15.2. The Morgan fingerprint density at radius 2 is 0.891 bits per heavy atom. The average molecular weight is 817 g/mol. The van der Waals surface area contributed by atoms with Crippen LogP contribution in [0.1, 0.15) is 22.7 Å². The predicted molar refractivity (Wildman–Crippen MR) is 267 cm³/mol. The number of nitrogens with zero attached hydrogens (tertiary/aromatic N) is 4. The summed E-state index contributed by atoms with van der Waals surface area (Å²) < 4.78 is 7.35. The van der Waals surface area contributed by atoms with Crippen molar-refractivity contribution in [2.45, 2.75) is 12.3 Å². The second-order valence-electron chi connectivity index (χ2n) is 17.3. The predicted octanol–water partition coefficient (Wildman–Crippen LogP) is 15.3. The summed E-state index contributed by atoms with van der Waals surface area (Å²) in [6.07, 6.45) is 3.42. The summed E-state index contributed by atoms with van der Waals surface area (Å²) in [6.45, 7) is 0. The van der Waals surface area contributed by atoms with Crippen LogP contribution in [0.4, 0.5) is 11.4 Å². The van der Waals surface area contributed by atoms with E-state index < -0.39 is 0 Å². The molecule has 3 aromatic heterocycles. The number of anilines is 2. The quantitative estimate of drug-likeness (QED) is 0.169. The van der Waals surface area contributed by atoms with Crippen LogP contribution in [0.15, 0.2) is 224 Å². The largest absolute Gasteiger partial charge is 0.313 e. The van der Waals surface area contributed by atoms with Crippen LogP contribution in [-0.4, -0.2) is 13.7 Å². The molecule has 0 fully saturated rings. The van der Waals surface area contributed by atoms with Crippen molar-refractivity contribution in [3.63, 3.8) is 0 Å². The standard InChI is InChI=1S/C60H40N4/c1-3-19-40(20-4-1)61-53-30-13-8-25-44(53)48-35-50-46-27-10-15-32-55(46)63(59(50)37-57(48)61)42-23-17-18-39(34-42)43-24-7-12-29-52(43)64-56-33-16-11-28-47(56)51-36-49-45-26-9-14-31-54(45)62(58(49)38-60(51)64)41-21-5-2-6-22-41/h1-35,37-38,51H,36H2. The lowest BCUT2D eigenvalue weighted by atomic mass is 9.86. The average Bonchev–Trinajstić information content (AvgIpc) is 4.07. The van der Waals surface area contributed by atoms with Crippen molar-refractivity contribution in [2.75, 3.05) is 4.90 Å². The Labute approximate surface area is 370 Å². The first-order valence-corrected chi connectivity index (χ1v) is 22.3. The third-order valence-corrected chi connectivity index (χ3v) is 13.9. The zero-order chi connectivity index (χ0) is 41.9. The molecule has 0 amide bonds. The lowest BCUT2D eigenvalue weighted by molar-refractivity contribution is 0.797. The molecule has 1 aliphatic carbocycles. The van der Waals surface area contributed by atoms with Crippen LogP contribution in [-0.2, 0) is 6.42 Å². The molecule has 2 aliphatic rings. The maximum atomic E-state index is 2.55. The van der Waals surface area contributed by atoms with Gasteiger partial charge in [0.15, 0.2) is 0 Å². The van der Waals surface area contributed by atoms with Crippen molar-refractivity contribution in [2.24, 2.45) is 0 Å². The van der Waals surface area contributed by atoms with Crippen molar-refractivity contribution >= 4 is 72.0 Å². The fraction of sp³-hybridized carbons (Fsp3) is 0.0333. The van der Waals surface area contributed by atoms with Crippen LogP contribution >= 0.6 is 0 Å². The van der Waals surface area contributed by atoms with Gasteiger partial charge >= 0.3 is 0 Å². The van der Waals surface area contributed by atoms with Crippen LogP contribution in [0.25, 0.3) is 88.8 Å². The highest BCUT2D eigenvalue weighted by Crippen LogP contribution is 2.55. The molecule has 0 N–H and O–H groups in total. The van der Waals surface area contributed by atoms with Gasteiger partial charge in [0.05, 0.1) is 39.0 Å². The van der Waals surface area contributed by atoms with E-state index in [0.717, 1.165) is 17.8 Å². The SMILES string of the molecule is C1=C2C(Cc3c1n(-c1ccccc1)c1ccccc31)c1ccccc1N2c1ccccc1-c1cccc(-n2c3ccccc3c3cc4c5ccccc5n(-c5ccccc5)c4cc32)c1. The Morgan fingerprint density at radius 3 is 1.59 bits per heavy atom. The number of fused-ring (bicyclic) bond motifs is 12. The van der Waals surface area contributed by atoms with Crippen LogP contribution < -0.4 is 4.90 Å². The second kappa shape index (κ2) is 13.6. The van der Waals surface area contributed by atoms with E-state index >= 15 is 0 Å². The van der Waals surface area contributed by atoms with Gasteiger partial charge in [-0.1, -0.05) is 140 Å². The Hall–Kier alpha value is -8.34. The molecule has 9 aromatic carbocycles. The zero-order valence-electron chi connectivity index (χ0n) is 34.9. The number of rotatable bonds is 5. The molecule has 300 valence electrons. The molecule has 14 rings (SSSR count). The molecule has 12 aromatic rings. The smallest absolute Gasteiger partial charge is 0.0562 e. The highest BCUT2D eigenvalue weighted by molar-refractivity contribution is 6.19. The van der Waals surface area contributed by atoms with Crippen molar-refractivity contribution < 1.29 is 0 Å². The fourth-order valence-corrected chi connectivity index (χ4v) is 11.3. The molecule has 1 unspecified atom stereocenters. The Balaban J connectivity index is 0.966. The van der Waals surface area contributed by atoms with Crippen LogP contribution in [0.2, 0.25) is 0 Å². The van der Waals surface area contributed by atoms with Gasteiger partial charge in [0, 0.05) is 66.9 Å². The Bertz CT molecular complexity index is 3880. The summed E-state index contributed by atoms with van der Waals surface area (Å²) in [6, 6.07) is 80.2. The van der Waals surface area contributed by atoms with Gasteiger partial charge < -0.3 is 18.6 Å². The fourth-order valence-electron chi connectivity index (χ4n) is 11.3. The molecular formula is C60H40N4. The summed E-state index contributed by atoms with van der Waals surface area (Å²) in [4.78, 5) is 2.55. The number of para-hydroxylation sites is 7. The molecule has 1 atom stereocenters. The lowest BCUT2D eigenvalue weighted by Gasteiger charge is -2.29. The molecule has 1 aliphatic heterocycles. The molecule has 0 saturated carbocycles. The summed E-state index contributed by atoms with van der Waals surface area (Å²) in [7, 11) is 0. The molecule has 4 heteroatoms. The molecule has 0 radical (unpaired) electrons. The van der Waals surface area contributed by atoms with E-state index in [-0.39, 0.29) is 5.92 Å². The van der Waals surface area contributed by atoms with E-state index in [1.807, 2.05) is 0 Å². The minimum Gasteiger partial charge on any atom is -0.313 e. The summed E-state index contributed by atoms with van der Waals surface area (Å²) in [5.41, 5.74) is 19.7. The van der Waals surface area contributed by atoms with E-state index in [1.165, 1.54) is 105 Å². The molecule has 4 heterocycles. The number of hydrogen-bond acceptors (Lipinski definition) is 1. The van der Waals surface area contributed by atoms with E-state index in [0.29, 0.717) is 0 Å². The van der Waals surface area contributed by atoms with Gasteiger partial charge in [0.2, 0.25) is 0 Å². The number of allylic oxidation sites excluding steroid dienone is 1. The van der Waals surface area contributed by atoms with Gasteiger partial charge in [-0.25, -0.2) is 0 Å². The van der Waals surface area contributed by atoms with Gasteiger partial charge in [-0.15, -0.1) is 0 Å². The third-order valence-electron chi connectivity index (χ3n) is 13.9. The van der Waals surface area contributed by atoms with Gasteiger partial charge in [0.1, 0.15) is 0 Å². The van der Waals surface area contributed by atoms with E-state index in [1.54, 1.807) is 0 Å². The number of hydrogen-bond donors (Lipinski definition) is 0. The molecule has 0 saturated heterocycles. The lowest BCUT2D eigenvalue weighted by Crippen LogP contribution is -2.18. The van der Waals surface area contributed by atoms with Crippen molar-refractivity contribution in [1.82, 2.24) is 13.7 Å². The van der Waals surface area contributed by atoms with Crippen LogP contribution in [0, 0.1) is 0 Å². The van der Waals surface area contributed by atoms with E-state index in [9.17, 15) is 0 Å². The number of aromatic nitrogens is 3. The Morgan fingerprint density at radius 1 is 0.359 bits per heavy atom.